The van der Waals surface area contributed by atoms with Crippen LogP contribution in [-0.4, -0.2) is 74.1 Å². The Morgan fingerprint density at radius 1 is 0.959 bits per heavy atom. The van der Waals surface area contributed by atoms with Gasteiger partial charge >= 0.3 is 0 Å². The summed E-state index contributed by atoms with van der Waals surface area (Å²) in [7, 11) is 0. The maximum absolute atomic E-state index is 15.6. The third kappa shape index (κ3) is 6.35. The molecule has 2 amide bonds. The van der Waals surface area contributed by atoms with Crippen LogP contribution in [0.25, 0.3) is 33.2 Å². The lowest BCUT2D eigenvalue weighted by atomic mass is 10.0. The highest BCUT2D eigenvalue weighted by Gasteiger charge is 2.40. The summed E-state index contributed by atoms with van der Waals surface area (Å²) in [6, 6.07) is 15.5. The van der Waals surface area contributed by atoms with Gasteiger partial charge in [-0.2, -0.15) is 5.10 Å². The van der Waals surface area contributed by atoms with Crippen LogP contribution < -0.4 is 10.2 Å². The summed E-state index contributed by atoms with van der Waals surface area (Å²) in [6.45, 7) is 2.59. The van der Waals surface area contributed by atoms with E-state index in [4.69, 9.17) is 11.6 Å². The highest BCUT2D eigenvalue weighted by Crippen LogP contribution is 2.33. The Hall–Kier alpha value is -5.23. The Bertz CT molecular complexity index is 2080. The first-order chi connectivity index (χ1) is 23.7. The molecular formula is C36H32ClF2N7O3. The van der Waals surface area contributed by atoms with E-state index in [1.165, 1.54) is 17.7 Å². The van der Waals surface area contributed by atoms with Crippen LogP contribution in [0.3, 0.4) is 0 Å². The highest BCUT2D eigenvalue weighted by atomic mass is 35.5. The fourth-order valence-corrected chi connectivity index (χ4v) is 6.79. The van der Waals surface area contributed by atoms with Crippen molar-refractivity contribution in [3.8, 4) is 22.3 Å². The molecule has 1 N–H and O–H groups in total. The molecule has 3 aromatic carbocycles. The lowest BCUT2D eigenvalue weighted by Gasteiger charge is -2.24. The molecule has 5 aromatic rings. The normalized spacial score (nSPS) is 17.6. The molecule has 0 unspecified atom stereocenters. The van der Waals surface area contributed by atoms with E-state index >= 15 is 4.39 Å². The minimum atomic E-state index is -1.46. The SMILES string of the molecule is CC(=O)c1nn(CC(=O)N2C[C@H](F)C[C@H]2C(=O)Nc2cccc(-c3ccccc3Cl)c2F)c2ccc(-c3cnc(N4CCCC4)nc3)cc12. The second-order valence-electron chi connectivity index (χ2n) is 12.3. The number of aromatic nitrogens is 4. The molecule has 0 spiro atoms. The van der Waals surface area contributed by atoms with Gasteiger partial charge in [0, 0.05) is 65.9 Å². The lowest BCUT2D eigenvalue weighted by molar-refractivity contribution is -0.137. The number of carbonyl (C=O) groups excluding carboxylic acids is 3. The number of fused-ring (bicyclic) bond motifs is 1. The Labute approximate surface area is 285 Å². The molecule has 0 aliphatic carbocycles. The molecule has 7 rings (SSSR count). The molecule has 10 nitrogen and oxygen atoms in total. The number of hydrogen-bond acceptors (Lipinski definition) is 7. The minimum absolute atomic E-state index is 0.117. The van der Waals surface area contributed by atoms with Gasteiger partial charge in [0.2, 0.25) is 17.8 Å². The maximum atomic E-state index is 15.6. The summed E-state index contributed by atoms with van der Waals surface area (Å²) in [5.41, 5.74) is 2.75. The third-order valence-electron chi connectivity index (χ3n) is 9.02. The van der Waals surface area contributed by atoms with Crippen LogP contribution in [0.4, 0.5) is 20.4 Å². The van der Waals surface area contributed by atoms with Gasteiger partial charge in [-0.1, -0.05) is 48.0 Å². The van der Waals surface area contributed by atoms with Crippen molar-refractivity contribution in [2.45, 2.75) is 44.9 Å². The van der Waals surface area contributed by atoms with Gasteiger partial charge in [0.25, 0.3) is 0 Å². The van der Waals surface area contributed by atoms with Gasteiger partial charge in [-0.3, -0.25) is 19.1 Å². The number of Topliss-reactive ketones (excluding diaryl/α,β-unsaturated/α-hetero) is 1. The van der Waals surface area contributed by atoms with Crippen molar-refractivity contribution in [1.29, 1.82) is 0 Å². The average molecular weight is 684 g/mol. The molecular weight excluding hydrogens is 652 g/mol. The Morgan fingerprint density at radius 2 is 1.69 bits per heavy atom. The number of alkyl halides is 1. The number of halogens is 3. The van der Waals surface area contributed by atoms with E-state index in [1.54, 1.807) is 54.9 Å². The van der Waals surface area contributed by atoms with Crippen molar-refractivity contribution in [3.05, 3.63) is 89.6 Å². The van der Waals surface area contributed by atoms with Crippen molar-refractivity contribution in [1.82, 2.24) is 24.6 Å². The van der Waals surface area contributed by atoms with Crippen molar-refractivity contribution >= 4 is 51.7 Å². The number of rotatable bonds is 8. The fourth-order valence-electron chi connectivity index (χ4n) is 6.55. The lowest BCUT2D eigenvalue weighted by Crippen LogP contribution is -2.44. The zero-order valence-corrected chi connectivity index (χ0v) is 27.3. The predicted octanol–water partition coefficient (Wildman–Crippen LogP) is 6.33. The number of carbonyl (C=O) groups is 3. The molecule has 13 heteroatoms. The molecule has 2 aromatic heterocycles. The molecule has 0 radical (unpaired) electrons. The smallest absolute Gasteiger partial charge is 0.247 e. The van der Waals surface area contributed by atoms with Gasteiger partial charge in [0.1, 0.15) is 24.5 Å². The third-order valence-corrected chi connectivity index (χ3v) is 9.35. The summed E-state index contributed by atoms with van der Waals surface area (Å²) in [5, 5.41) is 7.86. The van der Waals surface area contributed by atoms with Gasteiger partial charge in [-0.15, -0.1) is 0 Å². The van der Waals surface area contributed by atoms with Crippen molar-refractivity contribution in [2.75, 3.05) is 29.9 Å². The number of ketones is 1. The maximum Gasteiger partial charge on any atom is 0.247 e. The van der Waals surface area contributed by atoms with E-state index in [9.17, 15) is 18.8 Å². The van der Waals surface area contributed by atoms with E-state index in [0.29, 0.717) is 27.4 Å². The number of anilines is 2. The second kappa shape index (κ2) is 13.3. The van der Waals surface area contributed by atoms with Gasteiger partial charge in [-0.25, -0.2) is 18.7 Å². The van der Waals surface area contributed by atoms with Gasteiger partial charge < -0.3 is 15.1 Å². The van der Waals surface area contributed by atoms with Crippen LogP contribution in [0, 0.1) is 5.82 Å². The summed E-state index contributed by atoms with van der Waals surface area (Å²) >= 11 is 6.27. The van der Waals surface area contributed by atoms with Crippen molar-refractivity contribution in [2.24, 2.45) is 0 Å². The van der Waals surface area contributed by atoms with Gasteiger partial charge in [0.15, 0.2) is 11.6 Å². The van der Waals surface area contributed by atoms with E-state index < -0.39 is 29.8 Å². The Kier molecular flexibility index (Phi) is 8.81. The summed E-state index contributed by atoms with van der Waals surface area (Å²) in [6.07, 6.45) is 4.01. The van der Waals surface area contributed by atoms with E-state index in [1.807, 2.05) is 12.1 Å². The standard InChI is InChI=1S/C36H32ClF2N7O3/c1-21(47)34-27-15-22(23-17-40-36(41-18-23)44-13-4-5-14-44)11-12-30(27)46(43-34)20-32(48)45-19-24(38)16-31(45)35(49)42-29-10-6-8-26(33(29)39)25-7-2-3-9-28(25)37/h2-3,6-12,15,17-18,24,31H,4-5,13-14,16,19-20H2,1H3,(H,42,49)/t24-,31+/m1/s1. The van der Waals surface area contributed by atoms with E-state index in [0.717, 1.165) is 42.0 Å². The van der Waals surface area contributed by atoms with Crippen molar-refractivity contribution < 1.29 is 23.2 Å². The monoisotopic (exact) mass is 683 g/mol. The van der Waals surface area contributed by atoms with Crippen LogP contribution in [0.15, 0.2) is 73.1 Å². The van der Waals surface area contributed by atoms with Gasteiger partial charge in [0.05, 0.1) is 17.7 Å². The van der Waals surface area contributed by atoms with Crippen LogP contribution in [0.1, 0.15) is 36.7 Å². The molecule has 2 fully saturated rings. The Balaban J connectivity index is 1.11. The van der Waals surface area contributed by atoms with Crippen LogP contribution in [0.2, 0.25) is 5.02 Å². The largest absolute Gasteiger partial charge is 0.341 e. The summed E-state index contributed by atoms with van der Waals surface area (Å²) in [5.74, 6) is -1.61. The topological polar surface area (TPSA) is 113 Å². The zero-order valence-electron chi connectivity index (χ0n) is 26.6. The predicted molar refractivity (Wildman–Crippen MR) is 183 cm³/mol. The highest BCUT2D eigenvalue weighted by molar-refractivity contribution is 6.33. The first kappa shape index (κ1) is 32.3. The molecule has 250 valence electrons. The second-order valence-corrected chi connectivity index (χ2v) is 12.7. The molecule has 49 heavy (non-hydrogen) atoms. The number of benzene rings is 3. The summed E-state index contributed by atoms with van der Waals surface area (Å²) < 4.78 is 31.7. The molecule has 2 atom stereocenters. The molecule has 2 saturated heterocycles. The first-order valence-electron chi connectivity index (χ1n) is 16.0. The fraction of sp³-hybridized carbons (Fsp3) is 0.278. The van der Waals surface area contributed by atoms with Crippen molar-refractivity contribution in [3.63, 3.8) is 0 Å². The molecule has 0 saturated carbocycles. The Morgan fingerprint density at radius 3 is 2.43 bits per heavy atom. The number of nitrogens with zero attached hydrogens (tertiary/aromatic N) is 6. The minimum Gasteiger partial charge on any atom is -0.341 e. The number of amides is 2. The molecule has 4 heterocycles. The number of nitrogens with one attached hydrogen (secondary N) is 1. The first-order valence-corrected chi connectivity index (χ1v) is 16.4. The average Bonchev–Trinajstić information content (AvgIpc) is 3.86. The molecule has 0 bridgehead atoms. The van der Waals surface area contributed by atoms with Gasteiger partial charge in [-0.05, 0) is 42.7 Å². The molecule has 2 aliphatic heterocycles. The summed E-state index contributed by atoms with van der Waals surface area (Å²) in [4.78, 5) is 52.0. The quantitative estimate of drug-likeness (QED) is 0.190. The van der Waals surface area contributed by atoms with E-state index in [-0.39, 0.29) is 42.2 Å². The number of hydrogen-bond donors (Lipinski definition) is 1. The van der Waals surface area contributed by atoms with Crippen LogP contribution in [-0.2, 0) is 16.1 Å². The van der Waals surface area contributed by atoms with Crippen LogP contribution in [0.5, 0.6) is 0 Å². The van der Waals surface area contributed by atoms with Crippen LogP contribution >= 0.6 is 11.6 Å². The van der Waals surface area contributed by atoms with E-state index in [2.05, 4.69) is 25.3 Å². The number of likely N-dealkylation sites (tertiary alicyclic amines) is 1. The zero-order chi connectivity index (χ0) is 34.2. The molecule has 2 aliphatic rings.